The highest BCUT2D eigenvalue weighted by atomic mass is 32.1. The minimum absolute atomic E-state index is 1.36. The molecule has 0 saturated carbocycles. The van der Waals surface area contributed by atoms with Gasteiger partial charge in [0.25, 0.3) is 0 Å². The third-order valence-corrected chi connectivity index (χ3v) is 12.5. The van der Waals surface area contributed by atoms with E-state index in [0.717, 1.165) is 0 Å². The van der Waals surface area contributed by atoms with E-state index in [-0.39, 0.29) is 0 Å². The number of fused-ring (bicyclic) bond motifs is 12. The highest BCUT2D eigenvalue weighted by Gasteiger charge is 2.29. The van der Waals surface area contributed by atoms with E-state index in [1.54, 1.807) is 0 Å². The first-order chi connectivity index (χ1) is 22.3. The molecule has 0 radical (unpaired) electrons. The van der Waals surface area contributed by atoms with E-state index in [1.807, 2.05) is 11.3 Å². The van der Waals surface area contributed by atoms with Crippen molar-refractivity contribution in [1.82, 2.24) is 0 Å². The Morgan fingerprint density at radius 3 is 1.22 bits per heavy atom. The zero-order valence-corrected chi connectivity index (χ0v) is 24.8. The Morgan fingerprint density at radius 1 is 0.267 bits per heavy atom. The lowest BCUT2D eigenvalue weighted by atomic mass is 9.83. The molecule has 0 nitrogen and oxygen atoms in total. The fraction of sp³-hybridized carbons (Fsp3) is 0. The number of hydrogen-bond acceptors (Lipinski definition) is 1. The van der Waals surface area contributed by atoms with Gasteiger partial charge in [0.05, 0.1) is 0 Å². The van der Waals surface area contributed by atoms with Crippen LogP contribution in [-0.2, 0) is 0 Å². The van der Waals surface area contributed by atoms with Gasteiger partial charge in [0.1, 0.15) is 0 Å². The number of benzene rings is 10. The monoisotopic (exact) mass is 580 g/mol. The van der Waals surface area contributed by atoms with Gasteiger partial charge in [-0.1, -0.05) is 115 Å². The SMILES string of the molecule is c1ccc2c(c1)-c1ccc3c4ccc5c6ccc7c8c(ccc(c9ccc(c%10ccc-2c1c3%10)c4c59)c86)-c1c-7sc2ccccc12. The molecule has 0 atom stereocenters. The number of thiophene rings is 1. The fourth-order valence-corrected chi connectivity index (χ4v) is 10.8. The van der Waals surface area contributed by atoms with Crippen LogP contribution in [0.2, 0.25) is 0 Å². The molecule has 0 bridgehead atoms. The van der Waals surface area contributed by atoms with Crippen molar-refractivity contribution in [2.45, 2.75) is 0 Å². The van der Waals surface area contributed by atoms with E-state index in [9.17, 15) is 0 Å². The van der Waals surface area contributed by atoms with Gasteiger partial charge in [-0.05, 0) is 109 Å². The van der Waals surface area contributed by atoms with E-state index in [0.29, 0.717) is 0 Å². The summed E-state index contributed by atoms with van der Waals surface area (Å²) in [6.07, 6.45) is 0. The molecule has 2 aliphatic carbocycles. The minimum atomic E-state index is 1.36. The molecule has 1 aromatic heterocycles. The van der Waals surface area contributed by atoms with Crippen molar-refractivity contribution in [2.24, 2.45) is 0 Å². The summed E-state index contributed by atoms with van der Waals surface area (Å²) in [7, 11) is 0. The normalized spacial score (nSPS) is 13.3. The molecule has 13 rings (SSSR count). The summed E-state index contributed by atoms with van der Waals surface area (Å²) in [4.78, 5) is 1.42. The molecular weight excluding hydrogens is 561 g/mol. The first kappa shape index (κ1) is 22.1. The average molecular weight is 581 g/mol. The third kappa shape index (κ3) is 2.26. The van der Waals surface area contributed by atoms with E-state index in [2.05, 4.69) is 121 Å². The second-order valence-corrected chi connectivity index (χ2v) is 14.1. The predicted molar refractivity (Wildman–Crippen MR) is 196 cm³/mol. The van der Waals surface area contributed by atoms with Crippen LogP contribution in [-0.4, -0.2) is 0 Å². The van der Waals surface area contributed by atoms with Gasteiger partial charge in [0, 0.05) is 26.1 Å². The molecule has 11 aromatic rings. The van der Waals surface area contributed by atoms with Crippen LogP contribution in [0.1, 0.15) is 0 Å². The van der Waals surface area contributed by atoms with Crippen molar-refractivity contribution in [3.05, 3.63) is 121 Å². The van der Waals surface area contributed by atoms with Gasteiger partial charge in [0.15, 0.2) is 0 Å². The second kappa shape index (κ2) is 7.07. The van der Waals surface area contributed by atoms with Gasteiger partial charge in [-0.2, -0.15) is 0 Å². The quantitative estimate of drug-likeness (QED) is 0.124. The molecule has 10 aromatic carbocycles. The molecule has 202 valence electrons. The van der Waals surface area contributed by atoms with Gasteiger partial charge in [-0.3, -0.25) is 0 Å². The van der Waals surface area contributed by atoms with Gasteiger partial charge in [-0.15, -0.1) is 11.3 Å². The predicted octanol–water partition coefficient (Wildman–Crippen LogP) is 13.1. The summed E-state index contributed by atoms with van der Waals surface area (Å²) in [6.45, 7) is 0. The second-order valence-electron chi connectivity index (χ2n) is 13.1. The topological polar surface area (TPSA) is 0 Å². The van der Waals surface area contributed by atoms with Crippen LogP contribution in [0.3, 0.4) is 0 Å². The van der Waals surface area contributed by atoms with Crippen LogP contribution in [0.5, 0.6) is 0 Å². The number of rotatable bonds is 0. The molecule has 1 heteroatoms. The van der Waals surface area contributed by atoms with Crippen LogP contribution in [0.4, 0.5) is 0 Å². The zero-order valence-electron chi connectivity index (χ0n) is 24.0. The van der Waals surface area contributed by atoms with Crippen molar-refractivity contribution < 1.29 is 0 Å². The Labute approximate surface area is 261 Å². The lowest BCUT2D eigenvalue weighted by molar-refractivity contribution is 1.70. The molecule has 0 amide bonds. The minimum Gasteiger partial charge on any atom is -0.135 e. The molecule has 0 spiro atoms. The highest BCUT2D eigenvalue weighted by Crippen LogP contribution is 2.58. The van der Waals surface area contributed by atoms with E-state index >= 15 is 0 Å². The van der Waals surface area contributed by atoms with Crippen LogP contribution in [0, 0.1) is 0 Å². The Bertz CT molecular complexity index is 3060. The average Bonchev–Trinajstić information content (AvgIpc) is 3.74. The van der Waals surface area contributed by atoms with Crippen molar-refractivity contribution in [3.8, 4) is 43.8 Å². The molecular formula is C44H20S. The summed E-state index contributed by atoms with van der Waals surface area (Å²) < 4.78 is 1.37. The maximum Gasteiger partial charge on any atom is 0.0440 e. The van der Waals surface area contributed by atoms with E-state index in [1.165, 1.54) is 129 Å². The van der Waals surface area contributed by atoms with Crippen molar-refractivity contribution in [2.75, 3.05) is 0 Å². The standard InChI is InChI=1S/C44H20S/c1-2-6-22-21(5-1)23-9-11-25-27-13-15-29-31-17-19-34-42-35(44-43(34)33-7-3-4-8-36(33)45-44)20-18-32(41(31)42)30-16-14-28(39(27)40(29)30)26-12-10-24(22)37(23)38(25)26/h1-20H. The smallest absolute Gasteiger partial charge is 0.0440 e. The van der Waals surface area contributed by atoms with E-state index in [4.69, 9.17) is 0 Å². The molecule has 2 aliphatic rings. The summed E-state index contributed by atoms with van der Waals surface area (Å²) >= 11 is 1.94. The Kier molecular flexibility index (Phi) is 3.47. The Hall–Kier alpha value is -5.50. The molecule has 0 unspecified atom stereocenters. The molecule has 0 fully saturated rings. The summed E-state index contributed by atoms with van der Waals surface area (Å²) in [5.41, 5.74) is 9.67. The number of hydrogen-bond donors (Lipinski definition) is 0. The Balaban J connectivity index is 1.21. The summed E-state index contributed by atoms with van der Waals surface area (Å²) in [6, 6.07) is 46.6. The van der Waals surface area contributed by atoms with Gasteiger partial charge in [-0.25, -0.2) is 0 Å². The lowest BCUT2D eigenvalue weighted by Crippen LogP contribution is -1.92. The van der Waals surface area contributed by atoms with Crippen molar-refractivity contribution in [1.29, 1.82) is 0 Å². The van der Waals surface area contributed by atoms with Crippen molar-refractivity contribution >= 4 is 96.8 Å². The van der Waals surface area contributed by atoms with Gasteiger partial charge < -0.3 is 0 Å². The Morgan fingerprint density at radius 2 is 0.667 bits per heavy atom. The van der Waals surface area contributed by atoms with Crippen LogP contribution in [0.15, 0.2) is 121 Å². The largest absolute Gasteiger partial charge is 0.135 e. The molecule has 45 heavy (non-hydrogen) atoms. The summed E-state index contributed by atoms with van der Waals surface area (Å²) in [5.74, 6) is 0. The van der Waals surface area contributed by atoms with Crippen LogP contribution < -0.4 is 0 Å². The first-order valence-electron chi connectivity index (χ1n) is 15.8. The zero-order chi connectivity index (χ0) is 28.7. The van der Waals surface area contributed by atoms with Crippen LogP contribution in [0.25, 0.3) is 129 Å². The van der Waals surface area contributed by atoms with Gasteiger partial charge >= 0.3 is 0 Å². The molecule has 0 N–H and O–H groups in total. The molecule has 1 heterocycles. The van der Waals surface area contributed by atoms with Crippen molar-refractivity contribution in [3.63, 3.8) is 0 Å². The highest BCUT2D eigenvalue weighted by molar-refractivity contribution is 7.23. The van der Waals surface area contributed by atoms with Gasteiger partial charge in [0.2, 0.25) is 0 Å². The summed E-state index contributed by atoms with van der Waals surface area (Å²) in [5, 5.41) is 20.8. The van der Waals surface area contributed by atoms with E-state index < -0.39 is 0 Å². The molecule has 0 saturated heterocycles. The van der Waals surface area contributed by atoms with Crippen LogP contribution >= 0.6 is 11.3 Å². The lowest BCUT2D eigenvalue weighted by Gasteiger charge is -2.20. The maximum absolute atomic E-state index is 2.42. The maximum atomic E-state index is 2.42. The molecule has 0 aliphatic heterocycles. The third-order valence-electron chi connectivity index (χ3n) is 11.3. The fourth-order valence-electron chi connectivity index (χ4n) is 9.58. The first-order valence-corrected chi connectivity index (χ1v) is 16.6.